The Morgan fingerprint density at radius 2 is 1.50 bits per heavy atom. The fraction of sp³-hybridized carbons (Fsp3) is 0.519. The van der Waals surface area contributed by atoms with E-state index in [9.17, 15) is 61.0 Å². The number of phenolic OH excluding ortho intramolecular Hbond substituents is 3. The predicted molar refractivity (Wildman–Crippen MR) is 140 cm³/mol. The van der Waals surface area contributed by atoms with E-state index < -0.39 is 110 Å². The van der Waals surface area contributed by atoms with Crippen LogP contribution in [0, 0.1) is 0 Å². The summed E-state index contributed by atoms with van der Waals surface area (Å²) in [6.07, 6.45) is -23.7. The van der Waals surface area contributed by atoms with E-state index in [0.717, 1.165) is 12.1 Å². The first kappa shape index (κ1) is 33.7. The largest absolute Gasteiger partial charge is 0.508 e. The van der Waals surface area contributed by atoms with Gasteiger partial charge in [-0.15, -0.1) is 0 Å². The summed E-state index contributed by atoms with van der Waals surface area (Å²) in [5.41, 5.74) is -0.178. The van der Waals surface area contributed by atoms with Crippen molar-refractivity contribution in [3.63, 3.8) is 0 Å². The monoisotopic (exact) mass is 630 g/mol. The smallest absolute Gasteiger partial charge is 0.203 e. The summed E-state index contributed by atoms with van der Waals surface area (Å²) in [5.74, 6) is -2.41. The zero-order valence-corrected chi connectivity index (χ0v) is 22.7. The molecule has 2 heterocycles. The SMILES string of the molecule is O=C1c2c(O)cc(O)cc2OC(c2ccc(O)cc2)C1OC1OC(CO)C(O)C(O)C1OC(O)C(O)C(O)C(O)C(O)CO. The Labute approximate surface area is 248 Å². The molecule has 4 rings (SSSR count). The van der Waals surface area contributed by atoms with E-state index >= 15 is 0 Å². The van der Waals surface area contributed by atoms with Gasteiger partial charge in [0.25, 0.3) is 0 Å². The Morgan fingerprint density at radius 3 is 2.11 bits per heavy atom. The molecule has 12 unspecified atom stereocenters. The highest BCUT2D eigenvalue weighted by molar-refractivity contribution is 6.05. The van der Waals surface area contributed by atoms with Gasteiger partial charge in [-0.2, -0.15) is 0 Å². The van der Waals surface area contributed by atoms with Gasteiger partial charge in [0.2, 0.25) is 5.78 Å². The molecule has 12 N–H and O–H groups in total. The minimum atomic E-state index is -2.48. The summed E-state index contributed by atoms with van der Waals surface area (Å²) in [5, 5.41) is 120. The Hall–Kier alpha value is -3.17. The maximum Gasteiger partial charge on any atom is 0.203 e. The number of carbonyl (C=O) groups excluding carboxylic acids is 1. The molecule has 0 amide bonds. The summed E-state index contributed by atoms with van der Waals surface area (Å²) in [6.45, 7) is -1.89. The van der Waals surface area contributed by atoms with Crippen molar-refractivity contribution in [3.8, 4) is 23.0 Å². The first-order valence-corrected chi connectivity index (χ1v) is 13.3. The number of ether oxygens (including phenoxy) is 4. The van der Waals surface area contributed by atoms with E-state index in [1.807, 2.05) is 0 Å². The lowest BCUT2D eigenvalue weighted by Crippen LogP contribution is -2.63. The van der Waals surface area contributed by atoms with Crippen LogP contribution in [-0.4, -0.2) is 148 Å². The third-order valence-corrected chi connectivity index (χ3v) is 7.30. The third-order valence-electron chi connectivity index (χ3n) is 7.30. The van der Waals surface area contributed by atoms with Crippen LogP contribution in [0.25, 0.3) is 0 Å². The molecule has 0 aromatic heterocycles. The van der Waals surface area contributed by atoms with Crippen molar-refractivity contribution in [2.45, 2.75) is 73.6 Å². The van der Waals surface area contributed by atoms with Gasteiger partial charge < -0.3 is 80.2 Å². The molecule has 2 aromatic rings. The van der Waals surface area contributed by atoms with Gasteiger partial charge in [0, 0.05) is 12.1 Å². The number of hydrogen-bond donors (Lipinski definition) is 12. The average molecular weight is 631 g/mol. The minimum Gasteiger partial charge on any atom is -0.508 e. The number of rotatable bonds is 11. The zero-order valence-electron chi connectivity index (χ0n) is 22.7. The summed E-state index contributed by atoms with van der Waals surface area (Å²) in [4.78, 5) is 13.7. The van der Waals surface area contributed by atoms with E-state index in [1.165, 1.54) is 24.3 Å². The standard InChI is InChI=1S/C27H34O17/c28-7-13(33)17(34)20(37)22(39)26(40)43-25-21(38)18(35)15(8-29)42-27(25)44-24-19(36)16-12(32)5-11(31)6-14(16)41-23(24)9-1-3-10(30)4-2-9/h1-6,13,15,17-18,20-35,37-40H,7-8H2. The van der Waals surface area contributed by atoms with Crippen molar-refractivity contribution in [1.29, 1.82) is 0 Å². The van der Waals surface area contributed by atoms with Crippen molar-refractivity contribution in [2.24, 2.45) is 0 Å². The molecule has 17 heteroatoms. The Bertz CT molecular complexity index is 1270. The van der Waals surface area contributed by atoms with Gasteiger partial charge in [-0.1, -0.05) is 12.1 Å². The maximum atomic E-state index is 13.7. The molecule has 44 heavy (non-hydrogen) atoms. The predicted octanol–water partition coefficient (Wildman–Crippen LogP) is -3.92. The van der Waals surface area contributed by atoms with Gasteiger partial charge in [-0.05, 0) is 17.7 Å². The highest BCUT2D eigenvalue weighted by atomic mass is 16.7. The number of hydrogen-bond acceptors (Lipinski definition) is 17. The molecule has 0 aliphatic carbocycles. The van der Waals surface area contributed by atoms with Gasteiger partial charge in [0.15, 0.2) is 24.8 Å². The molecular weight excluding hydrogens is 596 g/mol. The van der Waals surface area contributed by atoms with Crippen LogP contribution in [0.15, 0.2) is 36.4 Å². The summed E-state index contributed by atoms with van der Waals surface area (Å²) >= 11 is 0. The van der Waals surface area contributed by atoms with Crippen LogP contribution in [0.4, 0.5) is 0 Å². The second-order valence-corrected chi connectivity index (χ2v) is 10.3. The van der Waals surface area contributed by atoms with Crippen LogP contribution in [0.3, 0.4) is 0 Å². The van der Waals surface area contributed by atoms with Crippen molar-refractivity contribution >= 4 is 5.78 Å². The number of Topliss-reactive ketones (excluding diaryl/α,β-unsaturated/α-hetero) is 1. The molecule has 0 radical (unpaired) electrons. The van der Waals surface area contributed by atoms with E-state index in [0.29, 0.717) is 0 Å². The highest BCUT2D eigenvalue weighted by Gasteiger charge is 2.51. The molecule has 17 nitrogen and oxygen atoms in total. The molecule has 2 aromatic carbocycles. The Morgan fingerprint density at radius 1 is 0.841 bits per heavy atom. The lowest BCUT2D eigenvalue weighted by Gasteiger charge is -2.45. The molecule has 1 fully saturated rings. The number of ketones is 1. The molecule has 2 aliphatic heterocycles. The summed E-state index contributed by atoms with van der Waals surface area (Å²) in [6, 6.07) is 7.21. The van der Waals surface area contributed by atoms with Crippen LogP contribution < -0.4 is 4.74 Å². The van der Waals surface area contributed by atoms with Crippen LogP contribution in [0.1, 0.15) is 22.0 Å². The molecule has 2 aliphatic rings. The van der Waals surface area contributed by atoms with Crippen molar-refractivity contribution in [1.82, 2.24) is 0 Å². The topological polar surface area (TPSA) is 297 Å². The number of benzene rings is 2. The second-order valence-electron chi connectivity index (χ2n) is 10.3. The maximum absolute atomic E-state index is 13.7. The molecule has 0 saturated carbocycles. The minimum absolute atomic E-state index is 0.137. The molecule has 0 spiro atoms. The molecule has 0 bridgehead atoms. The van der Waals surface area contributed by atoms with Crippen LogP contribution in [0.2, 0.25) is 0 Å². The molecule has 12 atom stereocenters. The van der Waals surface area contributed by atoms with Crippen molar-refractivity contribution in [2.75, 3.05) is 13.2 Å². The van der Waals surface area contributed by atoms with Crippen molar-refractivity contribution < 1.29 is 85.0 Å². The molecule has 244 valence electrons. The highest BCUT2D eigenvalue weighted by Crippen LogP contribution is 2.44. The Balaban J connectivity index is 1.68. The number of aromatic hydroxyl groups is 3. The lowest BCUT2D eigenvalue weighted by molar-refractivity contribution is -0.348. The quantitative estimate of drug-likeness (QED) is 0.106. The van der Waals surface area contributed by atoms with Crippen LogP contribution in [-0.2, 0) is 14.2 Å². The Kier molecular flexibility index (Phi) is 10.6. The van der Waals surface area contributed by atoms with E-state index in [-0.39, 0.29) is 17.1 Å². The van der Waals surface area contributed by atoms with Gasteiger partial charge in [-0.25, -0.2) is 0 Å². The molecule has 1 saturated heterocycles. The summed E-state index contributed by atoms with van der Waals surface area (Å²) < 4.78 is 22.5. The van der Waals surface area contributed by atoms with Crippen molar-refractivity contribution in [3.05, 3.63) is 47.5 Å². The normalized spacial score (nSPS) is 30.5. The van der Waals surface area contributed by atoms with Gasteiger partial charge >= 0.3 is 0 Å². The second kappa shape index (κ2) is 13.9. The number of aliphatic hydroxyl groups excluding tert-OH is 9. The van der Waals surface area contributed by atoms with Gasteiger partial charge in [0.05, 0.1) is 13.2 Å². The van der Waals surface area contributed by atoms with Crippen LogP contribution in [0.5, 0.6) is 23.0 Å². The van der Waals surface area contributed by atoms with E-state index in [4.69, 9.17) is 24.1 Å². The third kappa shape index (κ3) is 6.74. The van der Waals surface area contributed by atoms with Gasteiger partial charge in [-0.3, -0.25) is 4.79 Å². The lowest BCUT2D eigenvalue weighted by atomic mass is 9.92. The summed E-state index contributed by atoms with van der Waals surface area (Å²) in [7, 11) is 0. The number of aliphatic hydroxyl groups is 9. The first-order chi connectivity index (χ1) is 20.8. The first-order valence-electron chi connectivity index (χ1n) is 13.3. The van der Waals surface area contributed by atoms with E-state index in [1.54, 1.807) is 0 Å². The average Bonchev–Trinajstić information content (AvgIpc) is 3.00. The fourth-order valence-corrected chi connectivity index (χ4v) is 4.85. The van der Waals surface area contributed by atoms with Gasteiger partial charge in [0.1, 0.15) is 77.4 Å². The zero-order chi connectivity index (χ0) is 32.5. The van der Waals surface area contributed by atoms with E-state index in [2.05, 4.69) is 0 Å². The fourth-order valence-electron chi connectivity index (χ4n) is 4.85. The number of fused-ring (bicyclic) bond motifs is 1. The number of phenols is 3. The molecular formula is C27H34O17. The number of carbonyl (C=O) groups is 1. The van der Waals surface area contributed by atoms with Crippen LogP contribution >= 0.6 is 0 Å².